The molecule has 4 aromatic rings. The number of aromatic amines is 1. The maximum absolute atomic E-state index is 13.3. The van der Waals surface area contributed by atoms with E-state index in [0.29, 0.717) is 19.5 Å². The van der Waals surface area contributed by atoms with Crippen molar-refractivity contribution in [2.75, 3.05) is 13.1 Å². The van der Waals surface area contributed by atoms with Crippen LogP contribution in [0.25, 0.3) is 33.2 Å². The summed E-state index contributed by atoms with van der Waals surface area (Å²) in [5.41, 5.74) is 5.18. The van der Waals surface area contributed by atoms with Crippen LogP contribution in [-0.4, -0.2) is 72.1 Å². The fraction of sp³-hybridized carbons (Fsp3) is 0.438. The van der Waals surface area contributed by atoms with Crippen LogP contribution in [0.5, 0.6) is 0 Å². The molecule has 4 amide bonds. The second-order valence-corrected chi connectivity index (χ2v) is 12.0. The summed E-state index contributed by atoms with van der Waals surface area (Å²) in [5.74, 6) is 0.895. The molecule has 2 saturated heterocycles. The van der Waals surface area contributed by atoms with Crippen LogP contribution in [0, 0.1) is 0 Å². The van der Waals surface area contributed by atoms with Crippen molar-refractivity contribution in [2.24, 2.45) is 0 Å². The molecule has 2 aromatic carbocycles. The van der Waals surface area contributed by atoms with Crippen molar-refractivity contribution in [1.82, 2.24) is 40.0 Å². The minimum atomic E-state index is -0.806. The molecule has 5 heterocycles. The van der Waals surface area contributed by atoms with Crippen molar-refractivity contribution in [3.05, 3.63) is 48.0 Å². The first-order chi connectivity index (χ1) is 21.2. The third-order valence-electron chi connectivity index (χ3n) is 9.15. The van der Waals surface area contributed by atoms with E-state index in [1.54, 1.807) is 0 Å². The number of nitrogens with zero attached hydrogens (tertiary/aromatic N) is 5. The molecule has 0 unspecified atom stereocenters. The Balaban J connectivity index is 1.20. The van der Waals surface area contributed by atoms with Gasteiger partial charge in [0.2, 0.25) is 17.7 Å². The number of hydrogen-bond donors (Lipinski definition) is 3. The highest BCUT2D eigenvalue weighted by atomic mass is 16.2. The Morgan fingerprint density at radius 1 is 0.955 bits per heavy atom. The van der Waals surface area contributed by atoms with Gasteiger partial charge in [0.1, 0.15) is 17.7 Å². The van der Waals surface area contributed by atoms with E-state index in [1.807, 2.05) is 57.7 Å². The lowest BCUT2D eigenvalue weighted by Crippen LogP contribution is -2.49. The number of nitrogens with one attached hydrogen (secondary N) is 3. The van der Waals surface area contributed by atoms with Gasteiger partial charge in [0.25, 0.3) is 5.91 Å². The van der Waals surface area contributed by atoms with Crippen molar-refractivity contribution < 1.29 is 19.2 Å². The molecule has 3 N–H and O–H groups in total. The van der Waals surface area contributed by atoms with Gasteiger partial charge in [0, 0.05) is 26.9 Å². The number of benzene rings is 2. The van der Waals surface area contributed by atoms with E-state index in [-0.39, 0.29) is 35.7 Å². The zero-order valence-corrected chi connectivity index (χ0v) is 25.1. The van der Waals surface area contributed by atoms with Crippen LogP contribution in [0.2, 0.25) is 0 Å². The molecule has 4 atom stereocenters. The number of aromatic nitrogens is 4. The van der Waals surface area contributed by atoms with Crippen molar-refractivity contribution in [1.29, 1.82) is 0 Å². The highest BCUT2D eigenvalue weighted by Gasteiger charge is 2.44. The third kappa shape index (κ3) is 4.59. The number of hydrogen-bond acceptors (Lipinski definition) is 6. The third-order valence-corrected chi connectivity index (χ3v) is 9.15. The minimum absolute atomic E-state index is 0.0782. The molecule has 2 fully saturated rings. The Morgan fingerprint density at radius 2 is 1.68 bits per heavy atom. The van der Waals surface area contributed by atoms with Crippen LogP contribution in [0.3, 0.4) is 0 Å². The zero-order valence-electron chi connectivity index (χ0n) is 25.1. The normalized spacial score (nSPS) is 21.9. The van der Waals surface area contributed by atoms with E-state index < -0.39 is 12.2 Å². The van der Waals surface area contributed by atoms with Gasteiger partial charge < -0.3 is 25.4 Å². The van der Waals surface area contributed by atoms with Gasteiger partial charge in [-0.05, 0) is 67.5 Å². The molecule has 7 rings (SSSR count). The van der Waals surface area contributed by atoms with E-state index in [0.717, 1.165) is 70.5 Å². The molecule has 0 saturated carbocycles. The van der Waals surface area contributed by atoms with E-state index in [1.165, 1.54) is 13.8 Å². The Bertz CT molecular complexity index is 1830. The van der Waals surface area contributed by atoms with E-state index in [4.69, 9.17) is 9.97 Å². The summed E-state index contributed by atoms with van der Waals surface area (Å²) in [6.07, 6.45) is 3.15. The lowest BCUT2D eigenvalue weighted by molar-refractivity contribution is -0.141. The van der Waals surface area contributed by atoms with Crippen LogP contribution in [0.4, 0.5) is 0 Å². The number of imidazole rings is 2. The zero-order chi connectivity index (χ0) is 30.7. The molecule has 44 heavy (non-hydrogen) atoms. The molecule has 228 valence electrons. The second kappa shape index (κ2) is 10.8. The summed E-state index contributed by atoms with van der Waals surface area (Å²) in [6, 6.07) is 11.2. The number of fused-ring (bicyclic) bond motifs is 6. The monoisotopic (exact) mass is 596 g/mol. The van der Waals surface area contributed by atoms with Crippen molar-refractivity contribution in [3.63, 3.8) is 0 Å². The molecule has 0 spiro atoms. The van der Waals surface area contributed by atoms with Gasteiger partial charge in [-0.15, -0.1) is 0 Å². The van der Waals surface area contributed by atoms with Crippen LogP contribution in [0.1, 0.15) is 82.8 Å². The van der Waals surface area contributed by atoms with Crippen LogP contribution in [0.15, 0.2) is 36.4 Å². The van der Waals surface area contributed by atoms with Crippen molar-refractivity contribution in [3.8, 4) is 11.1 Å². The lowest BCUT2D eigenvalue weighted by Gasteiger charge is -2.36. The Hall–Kier alpha value is -4.74. The SMILES string of the molecule is CC[C@H](NC(C)=O)C(=O)N1CCC[C@H]1c1nc2cc(-c3ccc4c(c3)nc3n4[C@H](NC(C)=O)C(=O)N4CCC[C@@H]34)ccc2[nH]1. The molecular formula is C32H36N8O4. The summed E-state index contributed by atoms with van der Waals surface area (Å²) in [4.78, 5) is 67.3. The summed E-state index contributed by atoms with van der Waals surface area (Å²) in [5, 5.41) is 5.61. The van der Waals surface area contributed by atoms with Crippen LogP contribution < -0.4 is 10.6 Å². The number of likely N-dealkylation sites (tertiary alicyclic amines) is 1. The van der Waals surface area contributed by atoms with Crippen LogP contribution >= 0.6 is 0 Å². The number of H-pyrrole nitrogens is 1. The predicted octanol–water partition coefficient (Wildman–Crippen LogP) is 3.47. The molecule has 0 aliphatic carbocycles. The van der Waals surface area contributed by atoms with Gasteiger partial charge in [-0.3, -0.25) is 23.7 Å². The Labute approximate surface area is 254 Å². The predicted molar refractivity (Wildman–Crippen MR) is 163 cm³/mol. The topological polar surface area (TPSA) is 145 Å². The summed E-state index contributed by atoms with van der Waals surface area (Å²) in [6.45, 7) is 6.05. The molecule has 3 aliphatic heterocycles. The molecular weight excluding hydrogens is 560 g/mol. The molecule has 0 bridgehead atoms. The van der Waals surface area contributed by atoms with Gasteiger partial charge in [-0.2, -0.15) is 0 Å². The molecule has 3 aliphatic rings. The highest BCUT2D eigenvalue weighted by Crippen LogP contribution is 2.41. The van der Waals surface area contributed by atoms with Crippen molar-refractivity contribution in [2.45, 2.75) is 77.2 Å². The number of carbonyl (C=O) groups excluding carboxylic acids is 4. The maximum atomic E-state index is 13.3. The maximum Gasteiger partial charge on any atom is 0.267 e. The van der Waals surface area contributed by atoms with Gasteiger partial charge in [0.05, 0.1) is 34.2 Å². The first-order valence-corrected chi connectivity index (χ1v) is 15.4. The standard InChI is InChI=1S/C32H36N8O4/c1-4-21(33-17(2)41)31(43)38-13-5-7-26(38)28-35-22-11-9-19(15-23(22)36-28)20-10-12-25-24(16-20)37-29-27-8-6-14-39(27)32(44)30(40(25)29)34-18(3)42/h9-12,15-16,21,26-27,30H,4-8,13-14H2,1-3H3,(H,33,41)(H,34,42)(H,35,36)/t21-,26-,27-,30-/m0/s1. The number of carbonyl (C=O) groups is 4. The molecule has 12 nitrogen and oxygen atoms in total. The minimum Gasteiger partial charge on any atom is -0.345 e. The second-order valence-electron chi connectivity index (χ2n) is 12.0. The average Bonchev–Trinajstić information content (AvgIpc) is 3.80. The number of amides is 4. The average molecular weight is 597 g/mol. The van der Waals surface area contributed by atoms with Gasteiger partial charge in [-0.1, -0.05) is 19.1 Å². The summed E-state index contributed by atoms with van der Waals surface area (Å²) < 4.78 is 1.89. The first kappa shape index (κ1) is 28.1. The van der Waals surface area contributed by atoms with Crippen molar-refractivity contribution >= 4 is 45.7 Å². The molecule has 0 radical (unpaired) electrons. The number of rotatable bonds is 6. The van der Waals surface area contributed by atoms with Gasteiger partial charge in [0.15, 0.2) is 6.17 Å². The highest BCUT2D eigenvalue weighted by molar-refractivity contribution is 5.92. The molecule has 2 aromatic heterocycles. The van der Waals surface area contributed by atoms with E-state index >= 15 is 0 Å². The molecule has 12 heteroatoms. The summed E-state index contributed by atoms with van der Waals surface area (Å²) in [7, 11) is 0. The fourth-order valence-corrected chi connectivity index (χ4v) is 7.15. The van der Waals surface area contributed by atoms with Crippen LogP contribution in [-0.2, 0) is 19.2 Å². The lowest BCUT2D eigenvalue weighted by atomic mass is 10.0. The van der Waals surface area contributed by atoms with Gasteiger partial charge >= 0.3 is 0 Å². The Kier molecular flexibility index (Phi) is 6.86. The smallest absolute Gasteiger partial charge is 0.267 e. The summed E-state index contributed by atoms with van der Waals surface area (Å²) >= 11 is 0. The Morgan fingerprint density at radius 3 is 2.43 bits per heavy atom. The fourth-order valence-electron chi connectivity index (χ4n) is 7.15. The van der Waals surface area contributed by atoms with E-state index in [9.17, 15) is 19.2 Å². The largest absolute Gasteiger partial charge is 0.345 e. The quantitative estimate of drug-likeness (QED) is 0.311. The van der Waals surface area contributed by atoms with E-state index in [2.05, 4.69) is 15.6 Å². The van der Waals surface area contributed by atoms with Gasteiger partial charge in [-0.25, -0.2) is 9.97 Å². The first-order valence-electron chi connectivity index (χ1n) is 15.4.